The first-order valence-corrected chi connectivity index (χ1v) is 11.3. The Morgan fingerprint density at radius 3 is 2.41 bits per heavy atom. The fraction of sp³-hybridized carbons (Fsp3) is 0. The quantitative estimate of drug-likeness (QED) is 0.283. The number of benzene rings is 4. The molecule has 34 heavy (non-hydrogen) atoms. The molecular formula is C26H19N5O2S. The van der Waals surface area contributed by atoms with Gasteiger partial charge in [-0.2, -0.15) is 5.10 Å². The molecule has 0 spiro atoms. The van der Waals surface area contributed by atoms with Crippen molar-refractivity contribution < 1.29 is 9.90 Å². The van der Waals surface area contributed by atoms with Crippen molar-refractivity contribution >= 4 is 39.9 Å². The molecule has 7 nitrogen and oxygen atoms in total. The Bertz CT molecular complexity index is 1560. The molecule has 0 unspecified atom stereocenters. The summed E-state index contributed by atoms with van der Waals surface area (Å²) in [6.45, 7) is 0. The number of fused-ring (bicyclic) bond motifs is 1. The number of para-hydroxylation sites is 2. The fourth-order valence-electron chi connectivity index (χ4n) is 3.44. The number of hydrogen-bond donors (Lipinski definition) is 2. The summed E-state index contributed by atoms with van der Waals surface area (Å²) in [6.07, 6.45) is 1.51. The van der Waals surface area contributed by atoms with Crippen LogP contribution >= 0.6 is 11.3 Å². The molecule has 0 aliphatic rings. The number of amides is 1. The highest BCUT2D eigenvalue weighted by atomic mass is 32.1. The highest BCUT2D eigenvalue weighted by Crippen LogP contribution is 2.25. The van der Waals surface area contributed by atoms with Gasteiger partial charge >= 0.3 is 0 Å². The van der Waals surface area contributed by atoms with Crippen molar-refractivity contribution in [1.82, 2.24) is 9.78 Å². The van der Waals surface area contributed by atoms with Gasteiger partial charge in [0.1, 0.15) is 5.75 Å². The second-order valence-electron chi connectivity index (χ2n) is 7.32. The second kappa shape index (κ2) is 9.51. The lowest BCUT2D eigenvalue weighted by Crippen LogP contribution is -2.15. The van der Waals surface area contributed by atoms with Crippen LogP contribution in [0.2, 0.25) is 0 Å². The fourth-order valence-corrected chi connectivity index (χ4v) is 4.20. The Kier molecular flexibility index (Phi) is 5.96. The molecular weight excluding hydrogens is 446 g/mol. The van der Waals surface area contributed by atoms with Crippen molar-refractivity contribution in [2.45, 2.75) is 0 Å². The van der Waals surface area contributed by atoms with Gasteiger partial charge in [-0.1, -0.05) is 78.1 Å². The molecule has 1 aromatic heterocycles. The van der Waals surface area contributed by atoms with Crippen LogP contribution in [0, 0.1) is 0 Å². The van der Waals surface area contributed by atoms with Gasteiger partial charge in [-0.25, -0.2) is 4.68 Å². The monoisotopic (exact) mass is 465 g/mol. The van der Waals surface area contributed by atoms with E-state index in [0.717, 1.165) is 27.8 Å². The first kappa shape index (κ1) is 21.3. The Labute approximate surface area is 199 Å². The van der Waals surface area contributed by atoms with Gasteiger partial charge < -0.3 is 10.4 Å². The van der Waals surface area contributed by atoms with Gasteiger partial charge in [0.05, 0.1) is 11.9 Å². The number of phenols is 1. The number of carbonyl (C=O) groups is 1. The number of aromatic hydroxyl groups is 1. The summed E-state index contributed by atoms with van der Waals surface area (Å²) in [5, 5.41) is 28.3. The number of carbonyl (C=O) groups excluding carboxylic acids is 1. The van der Waals surface area contributed by atoms with E-state index < -0.39 is 0 Å². The van der Waals surface area contributed by atoms with Gasteiger partial charge in [0, 0.05) is 11.3 Å². The smallest absolute Gasteiger partial charge is 0.286 e. The average molecular weight is 466 g/mol. The molecule has 0 aliphatic carbocycles. The highest BCUT2D eigenvalue weighted by molar-refractivity contribution is 7.11. The van der Waals surface area contributed by atoms with E-state index in [9.17, 15) is 9.90 Å². The van der Waals surface area contributed by atoms with E-state index in [2.05, 4.69) is 20.6 Å². The maximum Gasteiger partial charge on any atom is 0.286 e. The van der Waals surface area contributed by atoms with Crippen molar-refractivity contribution in [3.63, 3.8) is 0 Å². The molecule has 0 saturated heterocycles. The number of aromatic nitrogens is 2. The van der Waals surface area contributed by atoms with E-state index in [4.69, 9.17) is 0 Å². The van der Waals surface area contributed by atoms with Gasteiger partial charge in [0.15, 0.2) is 0 Å². The van der Waals surface area contributed by atoms with E-state index in [-0.39, 0.29) is 16.7 Å². The van der Waals surface area contributed by atoms with Crippen LogP contribution < -0.4 is 10.1 Å². The number of nitrogens with one attached hydrogen (secondary N) is 1. The Hall–Kier alpha value is -4.56. The lowest BCUT2D eigenvalue weighted by Gasteiger charge is -2.03. The van der Waals surface area contributed by atoms with Gasteiger partial charge in [-0.3, -0.25) is 4.79 Å². The molecule has 8 heteroatoms. The molecule has 0 atom stereocenters. The second-order valence-corrected chi connectivity index (χ2v) is 8.28. The predicted octanol–water partition coefficient (Wildman–Crippen LogP) is 4.98. The van der Waals surface area contributed by atoms with Gasteiger partial charge in [-0.05, 0) is 41.1 Å². The average Bonchev–Trinajstić information content (AvgIpc) is 3.31. The first-order chi connectivity index (χ1) is 16.7. The van der Waals surface area contributed by atoms with Crippen LogP contribution in [-0.4, -0.2) is 27.0 Å². The third-order valence-corrected chi connectivity index (χ3v) is 5.96. The lowest BCUT2D eigenvalue weighted by molar-refractivity contribution is 0.102. The number of nitrogens with zero attached hydrogens (tertiary/aromatic N) is 4. The Morgan fingerprint density at radius 2 is 1.62 bits per heavy atom. The topological polar surface area (TPSA) is 91.9 Å². The summed E-state index contributed by atoms with van der Waals surface area (Å²) in [6, 6.07) is 29.8. The maximum absolute atomic E-state index is 12.8. The van der Waals surface area contributed by atoms with E-state index in [0.29, 0.717) is 16.1 Å². The number of hydrogen-bond acceptors (Lipinski definition) is 6. The SMILES string of the molecule is O=C(Nc1ccccc1)c1nn(-c2ccccc2)/c(=N/N=C\c2c(O)ccc3ccccc23)s1. The van der Waals surface area contributed by atoms with Crippen LogP contribution in [0.15, 0.2) is 107 Å². The molecule has 0 radical (unpaired) electrons. The summed E-state index contributed by atoms with van der Waals surface area (Å²) in [4.78, 5) is 13.2. The lowest BCUT2D eigenvalue weighted by atomic mass is 10.0. The van der Waals surface area contributed by atoms with Crippen LogP contribution in [0.25, 0.3) is 16.5 Å². The molecule has 166 valence electrons. The van der Waals surface area contributed by atoms with Gasteiger partial charge in [0.25, 0.3) is 5.91 Å². The molecule has 5 aromatic rings. The van der Waals surface area contributed by atoms with Crippen LogP contribution in [0.3, 0.4) is 0 Å². The standard InChI is InChI=1S/C26H19N5O2S/c32-23-16-15-18-9-7-8-14-21(18)22(23)17-27-29-26-31(20-12-5-2-6-13-20)30-25(34-26)24(33)28-19-10-3-1-4-11-19/h1-17,32H,(H,28,33)/b27-17-,29-26-. The third kappa shape index (κ3) is 4.48. The van der Waals surface area contributed by atoms with Gasteiger partial charge in [-0.15, -0.1) is 10.2 Å². The van der Waals surface area contributed by atoms with Crippen LogP contribution in [0.1, 0.15) is 15.4 Å². The van der Waals surface area contributed by atoms with Crippen molar-refractivity contribution in [2.24, 2.45) is 10.2 Å². The van der Waals surface area contributed by atoms with Crippen LogP contribution in [-0.2, 0) is 0 Å². The molecule has 0 fully saturated rings. The minimum absolute atomic E-state index is 0.112. The summed E-state index contributed by atoms with van der Waals surface area (Å²) in [5.41, 5.74) is 2.00. The highest BCUT2D eigenvalue weighted by Gasteiger charge is 2.15. The van der Waals surface area contributed by atoms with Crippen molar-refractivity contribution in [2.75, 3.05) is 5.32 Å². The number of anilines is 1. The zero-order chi connectivity index (χ0) is 23.3. The van der Waals surface area contributed by atoms with Crippen LogP contribution in [0.5, 0.6) is 5.75 Å². The zero-order valence-electron chi connectivity index (χ0n) is 17.9. The Balaban J connectivity index is 1.54. The minimum atomic E-state index is -0.335. The van der Waals surface area contributed by atoms with Crippen molar-refractivity contribution in [3.05, 3.63) is 112 Å². The molecule has 5 rings (SSSR count). The van der Waals surface area contributed by atoms with E-state index >= 15 is 0 Å². The first-order valence-electron chi connectivity index (χ1n) is 10.5. The Morgan fingerprint density at radius 1 is 0.912 bits per heavy atom. The molecule has 0 aliphatic heterocycles. The zero-order valence-corrected chi connectivity index (χ0v) is 18.7. The van der Waals surface area contributed by atoms with Crippen molar-refractivity contribution in [3.8, 4) is 11.4 Å². The summed E-state index contributed by atoms with van der Waals surface area (Å²) in [5.74, 6) is -0.223. The van der Waals surface area contributed by atoms with E-state index in [1.165, 1.54) is 6.21 Å². The summed E-state index contributed by atoms with van der Waals surface area (Å²) >= 11 is 1.12. The third-order valence-electron chi connectivity index (χ3n) is 5.06. The molecule has 0 bridgehead atoms. The maximum atomic E-state index is 12.8. The van der Waals surface area contributed by atoms with E-state index in [1.54, 1.807) is 10.7 Å². The normalized spacial score (nSPS) is 11.8. The molecule has 1 amide bonds. The summed E-state index contributed by atoms with van der Waals surface area (Å²) < 4.78 is 1.57. The summed E-state index contributed by atoms with van der Waals surface area (Å²) in [7, 11) is 0. The molecule has 0 saturated carbocycles. The largest absolute Gasteiger partial charge is 0.507 e. The molecule has 4 aromatic carbocycles. The van der Waals surface area contributed by atoms with Crippen LogP contribution in [0.4, 0.5) is 5.69 Å². The number of phenolic OH excluding ortho intramolecular Hbond substituents is 1. The minimum Gasteiger partial charge on any atom is -0.507 e. The molecule has 2 N–H and O–H groups in total. The van der Waals surface area contributed by atoms with E-state index in [1.807, 2.05) is 91.0 Å². The number of rotatable bonds is 5. The molecule has 1 heterocycles. The van der Waals surface area contributed by atoms with Gasteiger partial charge in [0.2, 0.25) is 9.81 Å². The van der Waals surface area contributed by atoms with Crippen molar-refractivity contribution in [1.29, 1.82) is 0 Å². The predicted molar refractivity (Wildman–Crippen MR) is 135 cm³/mol.